The van der Waals surface area contributed by atoms with Gasteiger partial charge in [0, 0.05) is 21.9 Å². The lowest BCUT2D eigenvalue weighted by Gasteiger charge is -2.26. The highest BCUT2D eigenvalue weighted by atomic mass is 35.5. The van der Waals surface area contributed by atoms with Crippen LogP contribution in [0.4, 0.5) is 5.69 Å². The number of nitrogens with two attached hydrogens (primary N) is 1. The van der Waals surface area contributed by atoms with Gasteiger partial charge < -0.3 is 11.1 Å². The summed E-state index contributed by atoms with van der Waals surface area (Å²) < 4.78 is 0. The van der Waals surface area contributed by atoms with Crippen molar-refractivity contribution in [2.75, 3.05) is 11.1 Å². The first-order valence-electron chi connectivity index (χ1n) is 7.09. The molecule has 20 heavy (non-hydrogen) atoms. The molecular formula is C15H21ClN2OS. The second kappa shape index (κ2) is 7.34. The van der Waals surface area contributed by atoms with Crippen LogP contribution in [0.1, 0.15) is 32.6 Å². The SMILES string of the molecule is CCSc1ccc(Cl)cc1NC(=O)C1CCCC(N)C1. The minimum atomic E-state index is 0.0252. The minimum Gasteiger partial charge on any atom is -0.328 e. The Labute approximate surface area is 129 Å². The van der Waals surface area contributed by atoms with E-state index in [1.807, 2.05) is 18.2 Å². The quantitative estimate of drug-likeness (QED) is 0.829. The van der Waals surface area contributed by atoms with Crippen molar-refractivity contribution in [1.82, 2.24) is 0 Å². The lowest BCUT2D eigenvalue weighted by Crippen LogP contribution is -2.34. The number of carbonyl (C=O) groups is 1. The smallest absolute Gasteiger partial charge is 0.227 e. The Morgan fingerprint density at radius 2 is 2.30 bits per heavy atom. The zero-order valence-electron chi connectivity index (χ0n) is 11.7. The third-order valence-electron chi connectivity index (χ3n) is 3.58. The number of amides is 1. The molecule has 1 amide bonds. The largest absolute Gasteiger partial charge is 0.328 e. The molecule has 0 heterocycles. The molecule has 0 radical (unpaired) electrons. The average Bonchev–Trinajstić information content (AvgIpc) is 2.42. The Bertz CT molecular complexity index is 481. The zero-order valence-corrected chi connectivity index (χ0v) is 13.3. The summed E-state index contributed by atoms with van der Waals surface area (Å²) in [5.74, 6) is 1.05. The molecule has 110 valence electrons. The van der Waals surface area contributed by atoms with Crippen molar-refractivity contribution in [3.8, 4) is 0 Å². The van der Waals surface area contributed by atoms with Gasteiger partial charge in [0.1, 0.15) is 0 Å². The average molecular weight is 313 g/mol. The number of hydrogen-bond donors (Lipinski definition) is 2. The summed E-state index contributed by atoms with van der Waals surface area (Å²) in [4.78, 5) is 13.4. The molecule has 0 aliphatic heterocycles. The van der Waals surface area contributed by atoms with Gasteiger partial charge in [-0.05, 0) is 43.2 Å². The van der Waals surface area contributed by atoms with Gasteiger partial charge >= 0.3 is 0 Å². The van der Waals surface area contributed by atoms with E-state index in [4.69, 9.17) is 17.3 Å². The summed E-state index contributed by atoms with van der Waals surface area (Å²) >= 11 is 7.73. The van der Waals surface area contributed by atoms with E-state index >= 15 is 0 Å². The summed E-state index contributed by atoms with van der Waals surface area (Å²) in [6.45, 7) is 2.09. The molecule has 1 aromatic rings. The monoisotopic (exact) mass is 312 g/mol. The van der Waals surface area contributed by atoms with Gasteiger partial charge in [-0.25, -0.2) is 0 Å². The van der Waals surface area contributed by atoms with Crippen molar-refractivity contribution in [2.45, 2.75) is 43.5 Å². The number of benzene rings is 1. The van der Waals surface area contributed by atoms with Crippen LogP contribution in [0.3, 0.4) is 0 Å². The van der Waals surface area contributed by atoms with Gasteiger partial charge in [0.15, 0.2) is 0 Å². The fraction of sp³-hybridized carbons (Fsp3) is 0.533. The highest BCUT2D eigenvalue weighted by Crippen LogP contribution is 2.31. The van der Waals surface area contributed by atoms with Crippen LogP contribution in [0, 0.1) is 5.92 Å². The van der Waals surface area contributed by atoms with Gasteiger partial charge in [0.05, 0.1) is 5.69 Å². The van der Waals surface area contributed by atoms with Crippen LogP contribution in [0.5, 0.6) is 0 Å². The van der Waals surface area contributed by atoms with Crippen LogP contribution in [0.15, 0.2) is 23.1 Å². The fourth-order valence-electron chi connectivity index (χ4n) is 2.58. The van der Waals surface area contributed by atoms with Crippen molar-refractivity contribution in [2.24, 2.45) is 11.7 Å². The second-order valence-corrected chi connectivity index (χ2v) is 6.93. The number of carbonyl (C=O) groups excluding carboxylic acids is 1. The van der Waals surface area contributed by atoms with E-state index in [1.165, 1.54) is 0 Å². The summed E-state index contributed by atoms with van der Waals surface area (Å²) in [7, 11) is 0. The molecular weight excluding hydrogens is 292 g/mol. The third kappa shape index (κ3) is 4.14. The van der Waals surface area contributed by atoms with Crippen LogP contribution in [0.25, 0.3) is 0 Å². The van der Waals surface area contributed by atoms with Gasteiger partial charge in [0.25, 0.3) is 0 Å². The number of anilines is 1. The lowest BCUT2D eigenvalue weighted by molar-refractivity contribution is -0.120. The maximum Gasteiger partial charge on any atom is 0.227 e. The van der Waals surface area contributed by atoms with Crippen LogP contribution in [-0.4, -0.2) is 17.7 Å². The molecule has 3 nitrogen and oxygen atoms in total. The molecule has 3 N–H and O–H groups in total. The Balaban J connectivity index is 2.08. The number of hydrogen-bond acceptors (Lipinski definition) is 3. The number of nitrogens with one attached hydrogen (secondary N) is 1. The van der Waals surface area contributed by atoms with E-state index < -0.39 is 0 Å². The fourth-order valence-corrected chi connectivity index (χ4v) is 3.49. The van der Waals surface area contributed by atoms with Gasteiger partial charge in [-0.2, -0.15) is 0 Å². The Kier molecular flexibility index (Phi) is 5.75. The number of rotatable bonds is 4. The van der Waals surface area contributed by atoms with Crippen molar-refractivity contribution < 1.29 is 4.79 Å². The van der Waals surface area contributed by atoms with Gasteiger partial charge in [0.2, 0.25) is 5.91 Å². The van der Waals surface area contributed by atoms with Crippen LogP contribution < -0.4 is 11.1 Å². The highest BCUT2D eigenvalue weighted by molar-refractivity contribution is 7.99. The van der Waals surface area contributed by atoms with Crippen LogP contribution >= 0.6 is 23.4 Å². The molecule has 1 aliphatic carbocycles. The first-order valence-corrected chi connectivity index (χ1v) is 8.45. The third-order valence-corrected chi connectivity index (χ3v) is 4.78. The zero-order chi connectivity index (χ0) is 14.5. The molecule has 0 saturated heterocycles. The Morgan fingerprint density at radius 1 is 1.50 bits per heavy atom. The maximum atomic E-state index is 12.4. The summed E-state index contributed by atoms with van der Waals surface area (Å²) in [5.41, 5.74) is 6.77. The van der Waals surface area contributed by atoms with Crippen molar-refractivity contribution >= 4 is 35.0 Å². The Hall–Kier alpha value is -0.710. The van der Waals surface area contributed by atoms with Gasteiger partial charge in [-0.15, -0.1) is 11.8 Å². The van der Waals surface area contributed by atoms with E-state index in [-0.39, 0.29) is 17.9 Å². The standard InChI is InChI=1S/C15H21ClN2OS/c1-2-20-14-7-6-11(16)9-13(14)18-15(19)10-4-3-5-12(17)8-10/h6-7,9-10,12H,2-5,8,17H2,1H3,(H,18,19). The molecule has 1 aliphatic rings. The molecule has 2 atom stereocenters. The summed E-state index contributed by atoms with van der Waals surface area (Å²) in [6, 6.07) is 5.79. The Morgan fingerprint density at radius 3 is 3.00 bits per heavy atom. The number of thioether (sulfide) groups is 1. The summed E-state index contributed by atoms with van der Waals surface area (Å²) in [5, 5.41) is 3.67. The normalized spacial score (nSPS) is 22.6. The van der Waals surface area contributed by atoms with E-state index in [9.17, 15) is 4.79 Å². The predicted octanol–water partition coefficient (Wildman–Crippen LogP) is 3.91. The van der Waals surface area contributed by atoms with E-state index in [1.54, 1.807) is 11.8 Å². The molecule has 0 spiro atoms. The highest BCUT2D eigenvalue weighted by Gasteiger charge is 2.25. The molecule has 1 fully saturated rings. The topological polar surface area (TPSA) is 55.1 Å². The van der Waals surface area contributed by atoms with Gasteiger partial charge in [-0.3, -0.25) is 4.79 Å². The van der Waals surface area contributed by atoms with Crippen molar-refractivity contribution in [3.63, 3.8) is 0 Å². The molecule has 2 rings (SSSR count). The first kappa shape index (κ1) is 15.7. The predicted molar refractivity (Wildman–Crippen MR) is 86.4 cm³/mol. The maximum absolute atomic E-state index is 12.4. The molecule has 1 saturated carbocycles. The van der Waals surface area contributed by atoms with Gasteiger partial charge in [-0.1, -0.05) is 24.9 Å². The molecule has 2 unspecified atom stereocenters. The second-order valence-electron chi connectivity index (χ2n) is 5.19. The first-order chi connectivity index (χ1) is 9.60. The molecule has 0 aromatic heterocycles. The molecule has 5 heteroatoms. The van der Waals surface area contributed by atoms with E-state index in [0.717, 1.165) is 42.0 Å². The van der Waals surface area contributed by atoms with E-state index in [2.05, 4.69) is 12.2 Å². The van der Waals surface area contributed by atoms with Crippen LogP contribution in [0.2, 0.25) is 5.02 Å². The van der Waals surface area contributed by atoms with E-state index in [0.29, 0.717) is 5.02 Å². The van der Waals surface area contributed by atoms with Crippen LogP contribution in [-0.2, 0) is 4.79 Å². The van der Waals surface area contributed by atoms with Crippen molar-refractivity contribution in [3.05, 3.63) is 23.2 Å². The lowest BCUT2D eigenvalue weighted by atomic mass is 9.85. The number of halogens is 1. The van der Waals surface area contributed by atoms with Crippen molar-refractivity contribution in [1.29, 1.82) is 0 Å². The molecule has 1 aromatic carbocycles. The molecule has 0 bridgehead atoms. The summed E-state index contributed by atoms with van der Waals surface area (Å²) in [6.07, 6.45) is 3.77. The minimum absolute atomic E-state index is 0.0252.